The lowest BCUT2D eigenvalue weighted by atomic mass is 10.4. The normalized spacial score (nSPS) is 16.9. The number of halogens is 2. The summed E-state index contributed by atoms with van der Waals surface area (Å²) in [5, 5.41) is 0.522. The first kappa shape index (κ1) is 7.50. The van der Waals surface area contributed by atoms with Crippen molar-refractivity contribution in [2.24, 2.45) is 0 Å². The van der Waals surface area contributed by atoms with Crippen LogP contribution in [0.15, 0.2) is 10.7 Å². The number of aromatic nitrogens is 2. The second-order valence-corrected chi connectivity index (χ2v) is 3.85. The highest BCUT2D eigenvalue weighted by molar-refractivity contribution is 9.10. The number of rotatable bonds is 1. The maximum atomic E-state index is 5.74. The monoisotopic (exact) mass is 232 g/mol. The van der Waals surface area contributed by atoms with Gasteiger partial charge in [0.05, 0.1) is 0 Å². The van der Waals surface area contributed by atoms with Gasteiger partial charge in [-0.05, 0) is 28.8 Å². The molecule has 0 spiro atoms. The lowest BCUT2D eigenvalue weighted by Crippen LogP contribution is -1.92. The molecule has 0 aliphatic heterocycles. The van der Waals surface area contributed by atoms with Crippen molar-refractivity contribution in [2.75, 3.05) is 0 Å². The third-order valence-corrected chi connectivity index (χ3v) is 2.22. The van der Waals surface area contributed by atoms with E-state index in [0.29, 0.717) is 11.1 Å². The average molecular weight is 233 g/mol. The van der Waals surface area contributed by atoms with Crippen molar-refractivity contribution >= 4 is 27.5 Å². The van der Waals surface area contributed by atoms with E-state index in [1.165, 1.54) is 12.8 Å². The molecule has 2 rings (SSSR count). The molecule has 0 atom stereocenters. The summed E-state index contributed by atoms with van der Waals surface area (Å²) in [6.07, 6.45) is 2.40. The number of hydrogen-bond donors (Lipinski definition) is 0. The molecule has 0 bridgehead atoms. The van der Waals surface area contributed by atoms with Crippen LogP contribution in [0.5, 0.6) is 0 Å². The van der Waals surface area contributed by atoms with Gasteiger partial charge in [0.2, 0.25) is 0 Å². The van der Waals surface area contributed by atoms with Gasteiger partial charge in [-0.1, -0.05) is 11.6 Å². The standard InChI is InChI=1S/C7H6BrClN2/c8-5-3-6(9)11-7(10-5)4-1-2-4/h3-4H,1-2H2. The molecular weight excluding hydrogens is 227 g/mol. The van der Waals surface area contributed by atoms with Gasteiger partial charge in [-0.15, -0.1) is 0 Å². The third kappa shape index (κ3) is 1.71. The summed E-state index contributed by atoms with van der Waals surface area (Å²) >= 11 is 9.01. The van der Waals surface area contributed by atoms with Crippen molar-refractivity contribution in [1.29, 1.82) is 0 Å². The van der Waals surface area contributed by atoms with Crippen molar-refractivity contribution < 1.29 is 0 Å². The Kier molecular flexibility index (Phi) is 1.85. The van der Waals surface area contributed by atoms with E-state index < -0.39 is 0 Å². The van der Waals surface area contributed by atoms with Gasteiger partial charge in [-0.2, -0.15) is 0 Å². The molecule has 0 unspecified atom stereocenters. The Hall–Kier alpha value is -0.150. The Morgan fingerprint density at radius 2 is 2.18 bits per heavy atom. The van der Waals surface area contributed by atoms with E-state index in [2.05, 4.69) is 25.9 Å². The summed E-state index contributed by atoms with van der Waals surface area (Å²) < 4.78 is 0.777. The fourth-order valence-corrected chi connectivity index (χ4v) is 1.65. The molecule has 58 valence electrons. The Labute approximate surface area is 78.1 Å². The van der Waals surface area contributed by atoms with E-state index in [-0.39, 0.29) is 0 Å². The van der Waals surface area contributed by atoms with Crippen LogP contribution in [-0.4, -0.2) is 9.97 Å². The fraction of sp³-hybridized carbons (Fsp3) is 0.429. The highest BCUT2D eigenvalue weighted by Crippen LogP contribution is 2.38. The summed E-state index contributed by atoms with van der Waals surface area (Å²) in [5.74, 6) is 1.44. The molecule has 1 fully saturated rings. The maximum Gasteiger partial charge on any atom is 0.134 e. The van der Waals surface area contributed by atoms with Crippen LogP contribution in [0.2, 0.25) is 5.15 Å². The molecule has 1 aromatic heterocycles. The maximum absolute atomic E-state index is 5.74. The van der Waals surface area contributed by atoms with E-state index in [1.54, 1.807) is 6.07 Å². The SMILES string of the molecule is Clc1cc(Br)nc(C2CC2)n1. The molecule has 0 amide bonds. The zero-order chi connectivity index (χ0) is 7.84. The third-order valence-electron chi connectivity index (χ3n) is 1.62. The molecule has 0 radical (unpaired) electrons. The van der Waals surface area contributed by atoms with Gasteiger partial charge >= 0.3 is 0 Å². The molecular formula is C7H6BrClN2. The second-order valence-electron chi connectivity index (χ2n) is 2.65. The lowest BCUT2D eigenvalue weighted by Gasteiger charge is -1.97. The summed E-state index contributed by atoms with van der Waals surface area (Å²) in [6.45, 7) is 0. The van der Waals surface area contributed by atoms with Gasteiger partial charge in [0, 0.05) is 12.0 Å². The largest absolute Gasteiger partial charge is 0.226 e. The molecule has 0 saturated heterocycles. The van der Waals surface area contributed by atoms with Crippen LogP contribution in [-0.2, 0) is 0 Å². The molecule has 0 N–H and O–H groups in total. The minimum atomic E-state index is 0.522. The van der Waals surface area contributed by atoms with Crippen molar-refractivity contribution in [1.82, 2.24) is 9.97 Å². The van der Waals surface area contributed by atoms with Crippen LogP contribution >= 0.6 is 27.5 Å². The summed E-state index contributed by atoms with van der Waals surface area (Å²) in [4.78, 5) is 8.34. The van der Waals surface area contributed by atoms with Crippen LogP contribution in [0, 0.1) is 0 Å². The van der Waals surface area contributed by atoms with Gasteiger partial charge in [-0.3, -0.25) is 0 Å². The molecule has 1 heterocycles. The van der Waals surface area contributed by atoms with Gasteiger partial charge in [0.25, 0.3) is 0 Å². The predicted molar refractivity (Wildman–Crippen MR) is 46.7 cm³/mol. The molecule has 0 aromatic carbocycles. The van der Waals surface area contributed by atoms with Crippen LogP contribution in [0.3, 0.4) is 0 Å². The zero-order valence-electron chi connectivity index (χ0n) is 5.72. The van der Waals surface area contributed by atoms with Crippen molar-refractivity contribution in [2.45, 2.75) is 18.8 Å². The lowest BCUT2D eigenvalue weighted by molar-refractivity contribution is 0.916. The quantitative estimate of drug-likeness (QED) is 0.697. The Bertz CT molecular complexity index is 266. The first-order valence-corrected chi connectivity index (χ1v) is 4.63. The molecule has 1 aliphatic rings. The molecule has 1 aromatic rings. The summed E-state index contributed by atoms with van der Waals surface area (Å²) in [6, 6.07) is 1.70. The summed E-state index contributed by atoms with van der Waals surface area (Å²) in [7, 11) is 0. The van der Waals surface area contributed by atoms with Crippen molar-refractivity contribution in [3.8, 4) is 0 Å². The second kappa shape index (κ2) is 2.72. The van der Waals surface area contributed by atoms with Crippen LogP contribution in [0.1, 0.15) is 24.6 Å². The first-order chi connectivity index (χ1) is 5.25. The minimum Gasteiger partial charge on any atom is -0.226 e. The molecule has 1 aliphatic carbocycles. The molecule has 1 saturated carbocycles. The Balaban J connectivity index is 2.39. The highest BCUT2D eigenvalue weighted by Gasteiger charge is 2.26. The molecule has 11 heavy (non-hydrogen) atoms. The number of nitrogens with zero attached hydrogens (tertiary/aromatic N) is 2. The predicted octanol–water partition coefficient (Wildman–Crippen LogP) is 2.77. The average Bonchev–Trinajstić information content (AvgIpc) is 2.64. The van der Waals surface area contributed by atoms with Gasteiger partial charge in [0.15, 0.2) is 0 Å². The van der Waals surface area contributed by atoms with Crippen molar-refractivity contribution in [3.05, 3.63) is 21.6 Å². The van der Waals surface area contributed by atoms with Gasteiger partial charge in [-0.25, -0.2) is 9.97 Å². The van der Waals surface area contributed by atoms with Crippen LogP contribution in [0.4, 0.5) is 0 Å². The van der Waals surface area contributed by atoms with E-state index in [1.807, 2.05) is 0 Å². The minimum absolute atomic E-state index is 0.522. The van der Waals surface area contributed by atoms with Crippen LogP contribution in [0.25, 0.3) is 0 Å². The number of hydrogen-bond acceptors (Lipinski definition) is 2. The van der Waals surface area contributed by atoms with E-state index in [4.69, 9.17) is 11.6 Å². The molecule has 2 nitrogen and oxygen atoms in total. The Morgan fingerprint density at radius 1 is 1.45 bits per heavy atom. The van der Waals surface area contributed by atoms with E-state index >= 15 is 0 Å². The van der Waals surface area contributed by atoms with E-state index in [9.17, 15) is 0 Å². The smallest absolute Gasteiger partial charge is 0.134 e. The summed E-state index contributed by atoms with van der Waals surface area (Å²) in [5.41, 5.74) is 0. The zero-order valence-corrected chi connectivity index (χ0v) is 8.06. The van der Waals surface area contributed by atoms with Gasteiger partial charge < -0.3 is 0 Å². The van der Waals surface area contributed by atoms with Gasteiger partial charge in [0.1, 0.15) is 15.6 Å². The van der Waals surface area contributed by atoms with E-state index in [0.717, 1.165) is 10.4 Å². The molecule has 4 heteroatoms. The topological polar surface area (TPSA) is 25.8 Å². The van der Waals surface area contributed by atoms with Crippen molar-refractivity contribution in [3.63, 3.8) is 0 Å². The fourth-order valence-electron chi connectivity index (χ4n) is 0.931. The highest BCUT2D eigenvalue weighted by atomic mass is 79.9. The van der Waals surface area contributed by atoms with Crippen LogP contribution < -0.4 is 0 Å². The Morgan fingerprint density at radius 3 is 2.73 bits per heavy atom. The first-order valence-electron chi connectivity index (χ1n) is 3.45.